The third kappa shape index (κ3) is 6.70. The van der Waals surface area contributed by atoms with Crippen LogP contribution in [0.4, 0.5) is 0 Å². The van der Waals surface area contributed by atoms with E-state index in [1.54, 1.807) is 0 Å². The predicted octanol–water partition coefficient (Wildman–Crippen LogP) is 3.03. The van der Waals surface area contributed by atoms with Crippen LogP contribution in [0.3, 0.4) is 0 Å². The molecule has 3 amide bonds. The third-order valence-corrected chi connectivity index (χ3v) is 7.26. The van der Waals surface area contributed by atoms with Gasteiger partial charge in [-0.15, -0.1) is 12.4 Å². The minimum atomic E-state index is -0.903. The molecule has 1 fully saturated rings. The standard InChI is InChI=1S/C31H34N4O4.ClH/c32-18-9-8-16-25(29(36)35-26-23-14-6-4-12-21(23)22-13-5-7-15-24(22)26)34-31(38)28-27(39-28)30(37)33-19-17-20-10-2-1-3-11-20;/h1-7,10-15,25-28H,8-9,16-19,32H2,(H,33,37)(H,34,38)(H,35,36);1H/t25-,27-,28-;/m0./s1. The maximum absolute atomic E-state index is 13.5. The molecule has 1 heterocycles. The van der Waals surface area contributed by atoms with Crippen LogP contribution in [0.1, 0.15) is 42.0 Å². The second kappa shape index (κ2) is 13.6. The molecule has 0 unspecified atom stereocenters. The molecule has 8 nitrogen and oxygen atoms in total. The van der Waals surface area contributed by atoms with E-state index in [0.717, 1.165) is 34.2 Å². The van der Waals surface area contributed by atoms with Crippen molar-refractivity contribution < 1.29 is 19.1 Å². The molecule has 0 bridgehead atoms. The number of ether oxygens (including phenoxy) is 1. The zero-order chi connectivity index (χ0) is 27.2. The van der Waals surface area contributed by atoms with Gasteiger partial charge in [-0.1, -0.05) is 78.9 Å². The van der Waals surface area contributed by atoms with Crippen LogP contribution >= 0.6 is 12.4 Å². The molecule has 5 N–H and O–H groups in total. The number of nitrogens with one attached hydrogen (secondary N) is 3. The van der Waals surface area contributed by atoms with Crippen LogP contribution in [0.2, 0.25) is 0 Å². The summed E-state index contributed by atoms with van der Waals surface area (Å²) in [6.45, 7) is 0.953. The number of halogens is 1. The number of epoxide rings is 1. The molecular weight excluding hydrogens is 528 g/mol. The SMILES string of the molecule is Cl.NCCCC[C@H](NC(=O)[C@H]1O[C@@H]1C(=O)NCCc1ccccc1)C(=O)NC1c2ccccc2-c2ccccc21. The van der Waals surface area contributed by atoms with E-state index in [-0.39, 0.29) is 30.3 Å². The number of fused-ring (bicyclic) bond motifs is 3. The average Bonchev–Trinajstić information content (AvgIpc) is 3.72. The molecule has 3 aromatic rings. The molecule has 1 aliphatic carbocycles. The number of hydrogen-bond donors (Lipinski definition) is 4. The fourth-order valence-electron chi connectivity index (χ4n) is 5.16. The number of nitrogens with two attached hydrogens (primary N) is 1. The Morgan fingerprint density at radius 2 is 1.40 bits per heavy atom. The Hall–Kier alpha value is -3.72. The lowest BCUT2D eigenvalue weighted by Crippen LogP contribution is -2.49. The highest BCUT2D eigenvalue weighted by molar-refractivity contribution is 5.97. The fourth-order valence-corrected chi connectivity index (χ4v) is 5.16. The summed E-state index contributed by atoms with van der Waals surface area (Å²) in [5, 5.41) is 8.81. The Morgan fingerprint density at radius 3 is 2.05 bits per heavy atom. The molecule has 0 aromatic heterocycles. The highest BCUT2D eigenvalue weighted by Gasteiger charge is 2.51. The van der Waals surface area contributed by atoms with Crippen molar-refractivity contribution in [2.45, 2.75) is 50.0 Å². The molecule has 0 saturated carbocycles. The van der Waals surface area contributed by atoms with E-state index in [9.17, 15) is 14.4 Å². The number of carbonyl (C=O) groups excluding carboxylic acids is 3. The van der Waals surface area contributed by atoms with Gasteiger partial charge in [0.05, 0.1) is 6.04 Å². The van der Waals surface area contributed by atoms with E-state index in [1.807, 2.05) is 66.7 Å². The second-order valence-corrected chi connectivity index (χ2v) is 9.97. The van der Waals surface area contributed by atoms with Crippen LogP contribution in [0, 0.1) is 0 Å². The number of unbranched alkanes of at least 4 members (excludes halogenated alkanes) is 1. The lowest BCUT2D eigenvalue weighted by atomic mass is 10.0. The molecule has 9 heteroatoms. The van der Waals surface area contributed by atoms with Crippen LogP contribution in [-0.4, -0.2) is 49.1 Å². The van der Waals surface area contributed by atoms with Gasteiger partial charge in [-0.05, 0) is 60.0 Å². The van der Waals surface area contributed by atoms with Crippen molar-refractivity contribution in [2.75, 3.05) is 13.1 Å². The molecule has 5 rings (SSSR count). The number of hydrogen-bond acceptors (Lipinski definition) is 5. The van der Waals surface area contributed by atoms with Crippen molar-refractivity contribution in [3.05, 3.63) is 95.6 Å². The van der Waals surface area contributed by atoms with Crippen molar-refractivity contribution in [3.8, 4) is 11.1 Å². The number of amides is 3. The summed E-state index contributed by atoms with van der Waals surface area (Å²) in [5.41, 5.74) is 11.0. The first kappa shape index (κ1) is 29.3. The Morgan fingerprint density at radius 1 is 0.800 bits per heavy atom. The normalized spacial score (nSPS) is 17.5. The summed E-state index contributed by atoms with van der Waals surface area (Å²) < 4.78 is 5.40. The van der Waals surface area contributed by atoms with Crippen LogP contribution in [0.5, 0.6) is 0 Å². The van der Waals surface area contributed by atoms with E-state index < -0.39 is 24.2 Å². The summed E-state index contributed by atoms with van der Waals surface area (Å²) in [6, 6.07) is 24.8. The molecular formula is C31H35ClN4O4. The molecule has 0 radical (unpaired) electrons. The first-order valence-electron chi connectivity index (χ1n) is 13.5. The highest BCUT2D eigenvalue weighted by atomic mass is 35.5. The molecule has 2 aliphatic rings. The van der Waals surface area contributed by atoms with Crippen LogP contribution in [0.25, 0.3) is 11.1 Å². The van der Waals surface area contributed by atoms with Crippen molar-refractivity contribution in [2.24, 2.45) is 5.73 Å². The third-order valence-electron chi connectivity index (χ3n) is 7.26. The van der Waals surface area contributed by atoms with E-state index in [1.165, 1.54) is 0 Å². The second-order valence-electron chi connectivity index (χ2n) is 9.97. The van der Waals surface area contributed by atoms with E-state index in [4.69, 9.17) is 10.5 Å². The predicted molar refractivity (Wildman–Crippen MR) is 156 cm³/mol. The Labute approximate surface area is 240 Å². The molecule has 3 atom stereocenters. The molecule has 40 heavy (non-hydrogen) atoms. The lowest BCUT2D eigenvalue weighted by Gasteiger charge is -2.22. The molecule has 1 saturated heterocycles. The largest absolute Gasteiger partial charge is 0.353 e. The van der Waals surface area contributed by atoms with Crippen LogP contribution in [0.15, 0.2) is 78.9 Å². The summed E-state index contributed by atoms with van der Waals surface area (Å²) >= 11 is 0. The maximum atomic E-state index is 13.5. The van der Waals surface area contributed by atoms with E-state index >= 15 is 0 Å². The first-order valence-corrected chi connectivity index (χ1v) is 13.5. The number of rotatable bonds is 12. The Kier molecular flexibility index (Phi) is 9.93. The zero-order valence-corrected chi connectivity index (χ0v) is 23.0. The minimum Gasteiger partial charge on any atom is -0.353 e. The smallest absolute Gasteiger partial charge is 0.253 e. The van der Waals surface area contributed by atoms with Crippen molar-refractivity contribution in [1.82, 2.24) is 16.0 Å². The summed E-state index contributed by atoms with van der Waals surface area (Å²) in [6.07, 6.45) is 0.794. The van der Waals surface area contributed by atoms with Gasteiger partial charge in [0.1, 0.15) is 6.04 Å². The maximum Gasteiger partial charge on any atom is 0.253 e. The number of carbonyl (C=O) groups is 3. The van der Waals surface area contributed by atoms with Crippen molar-refractivity contribution in [1.29, 1.82) is 0 Å². The minimum absolute atomic E-state index is 0. The van der Waals surface area contributed by atoms with E-state index in [0.29, 0.717) is 32.4 Å². The number of benzene rings is 3. The summed E-state index contributed by atoms with van der Waals surface area (Å²) in [4.78, 5) is 39.0. The summed E-state index contributed by atoms with van der Waals surface area (Å²) in [7, 11) is 0. The van der Waals surface area contributed by atoms with Crippen LogP contribution < -0.4 is 21.7 Å². The van der Waals surface area contributed by atoms with Crippen molar-refractivity contribution in [3.63, 3.8) is 0 Å². The quantitative estimate of drug-likeness (QED) is 0.199. The molecule has 3 aromatic carbocycles. The molecule has 210 valence electrons. The Balaban J connectivity index is 0.00000370. The van der Waals surface area contributed by atoms with Gasteiger partial charge in [0.25, 0.3) is 11.8 Å². The van der Waals surface area contributed by atoms with Gasteiger partial charge in [-0.25, -0.2) is 0 Å². The highest BCUT2D eigenvalue weighted by Crippen LogP contribution is 2.43. The van der Waals surface area contributed by atoms with Crippen molar-refractivity contribution >= 4 is 30.1 Å². The van der Waals surface area contributed by atoms with E-state index in [2.05, 4.69) is 28.1 Å². The zero-order valence-electron chi connectivity index (χ0n) is 22.2. The van der Waals surface area contributed by atoms with Gasteiger partial charge in [0.15, 0.2) is 12.2 Å². The van der Waals surface area contributed by atoms with Gasteiger partial charge in [0.2, 0.25) is 5.91 Å². The fraction of sp³-hybridized carbons (Fsp3) is 0.323. The topological polar surface area (TPSA) is 126 Å². The van der Waals surface area contributed by atoms with Gasteiger partial charge in [-0.3, -0.25) is 14.4 Å². The molecule has 1 aliphatic heterocycles. The van der Waals surface area contributed by atoms with Crippen LogP contribution in [-0.2, 0) is 25.5 Å². The van der Waals surface area contributed by atoms with Gasteiger partial charge in [-0.2, -0.15) is 0 Å². The van der Waals surface area contributed by atoms with Gasteiger partial charge in [0, 0.05) is 6.54 Å². The van der Waals surface area contributed by atoms with Gasteiger partial charge < -0.3 is 26.4 Å². The monoisotopic (exact) mass is 562 g/mol. The molecule has 0 spiro atoms. The Bertz CT molecular complexity index is 1290. The first-order chi connectivity index (χ1) is 19.1. The average molecular weight is 563 g/mol. The summed E-state index contributed by atoms with van der Waals surface area (Å²) in [5.74, 6) is -1.06. The van der Waals surface area contributed by atoms with Gasteiger partial charge >= 0.3 is 0 Å². The lowest BCUT2D eigenvalue weighted by molar-refractivity contribution is -0.130.